The Labute approximate surface area is 139 Å². The number of hydrogen-bond donors (Lipinski definition) is 0. The minimum atomic E-state index is 0.0157. The Hall–Kier alpha value is -2.18. The maximum Gasteiger partial charge on any atom is 0.240 e. The van der Waals surface area contributed by atoms with Crippen LogP contribution in [0.3, 0.4) is 0 Å². The van der Waals surface area contributed by atoms with E-state index < -0.39 is 0 Å². The van der Waals surface area contributed by atoms with Crippen LogP contribution in [0, 0.1) is 0 Å². The molecule has 0 saturated heterocycles. The fraction of sp³-hybridized carbons (Fsp3) is 0.381. The number of hydrogen-bond acceptors (Lipinski definition) is 2. The number of benzene rings is 2. The van der Waals surface area contributed by atoms with Gasteiger partial charge in [-0.25, -0.2) is 4.79 Å². The maximum atomic E-state index is 10.8. The van der Waals surface area contributed by atoms with E-state index in [0.29, 0.717) is 5.69 Å². The highest BCUT2D eigenvalue weighted by atomic mass is 16.1. The van der Waals surface area contributed by atoms with Gasteiger partial charge in [-0.05, 0) is 33.6 Å². The predicted molar refractivity (Wildman–Crippen MR) is 97.1 cm³/mol. The summed E-state index contributed by atoms with van der Waals surface area (Å²) < 4.78 is 0. The first kappa shape index (κ1) is 17.2. The highest BCUT2D eigenvalue weighted by Crippen LogP contribution is 2.35. The van der Waals surface area contributed by atoms with E-state index in [1.165, 1.54) is 5.56 Å². The Morgan fingerprint density at radius 2 is 1.30 bits per heavy atom. The lowest BCUT2D eigenvalue weighted by atomic mass is 9.84. The molecule has 0 atom stereocenters. The molecule has 0 aromatic heterocycles. The van der Waals surface area contributed by atoms with Crippen molar-refractivity contribution in [1.82, 2.24) is 0 Å². The monoisotopic (exact) mass is 307 g/mol. The summed E-state index contributed by atoms with van der Waals surface area (Å²) in [6, 6.07) is 14.6. The van der Waals surface area contributed by atoms with Gasteiger partial charge in [-0.1, -0.05) is 77.9 Å². The van der Waals surface area contributed by atoms with Crippen molar-refractivity contribution in [3.8, 4) is 11.1 Å². The fourth-order valence-corrected chi connectivity index (χ4v) is 2.53. The third-order valence-electron chi connectivity index (χ3n) is 4.09. The van der Waals surface area contributed by atoms with Crippen LogP contribution < -0.4 is 0 Å². The van der Waals surface area contributed by atoms with Crippen molar-refractivity contribution in [2.45, 2.75) is 52.4 Å². The zero-order chi connectivity index (χ0) is 17.3. The summed E-state index contributed by atoms with van der Waals surface area (Å²) in [4.78, 5) is 14.7. The maximum absolute atomic E-state index is 10.8. The van der Waals surface area contributed by atoms with Crippen LogP contribution in [0.2, 0.25) is 0 Å². The summed E-state index contributed by atoms with van der Waals surface area (Å²) >= 11 is 0. The standard InChI is InChI=1S/C21H25NO/c1-20(2,3)16-9-7-15(8-10-16)18-12-11-17(21(4,5)6)13-19(18)22-14-23/h7-13H,1-6H3. The van der Waals surface area contributed by atoms with Gasteiger partial charge in [0.05, 0.1) is 5.69 Å². The van der Waals surface area contributed by atoms with Crippen LogP contribution in [0.25, 0.3) is 11.1 Å². The van der Waals surface area contributed by atoms with Crippen molar-refractivity contribution >= 4 is 11.8 Å². The van der Waals surface area contributed by atoms with Crippen LogP contribution in [-0.2, 0) is 15.6 Å². The first-order valence-electron chi connectivity index (χ1n) is 7.96. The number of rotatable bonds is 2. The van der Waals surface area contributed by atoms with E-state index in [2.05, 4.69) is 76.9 Å². The van der Waals surface area contributed by atoms with Gasteiger partial charge in [-0.2, -0.15) is 4.99 Å². The molecule has 2 rings (SSSR count). The van der Waals surface area contributed by atoms with E-state index in [0.717, 1.165) is 16.7 Å². The lowest BCUT2D eigenvalue weighted by molar-refractivity contribution is 0.565. The van der Waals surface area contributed by atoms with Gasteiger partial charge < -0.3 is 0 Å². The number of carbonyl (C=O) groups excluding carboxylic acids is 1. The molecule has 0 radical (unpaired) electrons. The van der Waals surface area contributed by atoms with E-state index in [1.54, 1.807) is 6.08 Å². The molecule has 0 aliphatic rings. The molecule has 120 valence electrons. The first-order valence-corrected chi connectivity index (χ1v) is 7.96. The molecule has 0 aliphatic heterocycles. The molecule has 0 bridgehead atoms. The molecule has 23 heavy (non-hydrogen) atoms. The summed E-state index contributed by atoms with van der Waals surface area (Å²) in [6.45, 7) is 13.0. The second-order valence-electron chi connectivity index (χ2n) is 8.01. The highest BCUT2D eigenvalue weighted by molar-refractivity contribution is 5.78. The van der Waals surface area contributed by atoms with Gasteiger partial charge in [0.1, 0.15) is 0 Å². The highest BCUT2D eigenvalue weighted by Gasteiger charge is 2.17. The van der Waals surface area contributed by atoms with Crippen molar-refractivity contribution in [1.29, 1.82) is 0 Å². The van der Waals surface area contributed by atoms with E-state index in [4.69, 9.17) is 0 Å². The zero-order valence-corrected chi connectivity index (χ0v) is 14.9. The van der Waals surface area contributed by atoms with Gasteiger partial charge in [0, 0.05) is 5.56 Å². The Bertz CT molecular complexity index is 737. The van der Waals surface area contributed by atoms with Gasteiger partial charge in [0.15, 0.2) is 0 Å². The molecule has 2 heteroatoms. The molecule has 2 aromatic carbocycles. The van der Waals surface area contributed by atoms with Crippen LogP contribution in [-0.4, -0.2) is 6.08 Å². The topological polar surface area (TPSA) is 29.4 Å². The third kappa shape index (κ3) is 3.97. The van der Waals surface area contributed by atoms with Crippen LogP contribution in [0.4, 0.5) is 5.69 Å². The lowest BCUT2D eigenvalue weighted by Crippen LogP contribution is -2.11. The number of isocyanates is 1. The molecule has 0 unspecified atom stereocenters. The minimum absolute atomic E-state index is 0.0157. The zero-order valence-electron chi connectivity index (χ0n) is 14.9. The normalized spacial score (nSPS) is 11.9. The molecule has 2 aromatic rings. The molecule has 0 amide bonds. The number of aliphatic imine (C=N–C) groups is 1. The quantitative estimate of drug-likeness (QED) is 0.500. The van der Waals surface area contributed by atoms with Crippen LogP contribution in [0.1, 0.15) is 52.7 Å². The summed E-state index contributed by atoms with van der Waals surface area (Å²) in [6.07, 6.45) is 1.68. The first-order chi connectivity index (χ1) is 10.6. The van der Waals surface area contributed by atoms with Gasteiger partial charge in [0.25, 0.3) is 0 Å². The molecule has 0 aliphatic carbocycles. The van der Waals surface area contributed by atoms with E-state index in [1.807, 2.05) is 12.1 Å². The van der Waals surface area contributed by atoms with Gasteiger partial charge in [-0.3, -0.25) is 0 Å². The van der Waals surface area contributed by atoms with Gasteiger partial charge >= 0.3 is 0 Å². The summed E-state index contributed by atoms with van der Waals surface area (Å²) in [5.41, 5.74) is 5.28. The minimum Gasteiger partial charge on any atom is -0.211 e. The Morgan fingerprint density at radius 3 is 1.78 bits per heavy atom. The van der Waals surface area contributed by atoms with Crippen LogP contribution >= 0.6 is 0 Å². The van der Waals surface area contributed by atoms with E-state index in [-0.39, 0.29) is 10.8 Å². The molecule has 0 fully saturated rings. The predicted octanol–water partition coefficient (Wildman–Crippen LogP) is 5.92. The summed E-state index contributed by atoms with van der Waals surface area (Å²) in [5.74, 6) is 0. The van der Waals surface area contributed by atoms with Crippen molar-refractivity contribution in [3.05, 3.63) is 53.6 Å². The van der Waals surface area contributed by atoms with Crippen molar-refractivity contribution < 1.29 is 4.79 Å². The van der Waals surface area contributed by atoms with Gasteiger partial charge in [0.2, 0.25) is 6.08 Å². The van der Waals surface area contributed by atoms with Gasteiger partial charge in [-0.15, -0.1) is 0 Å². The largest absolute Gasteiger partial charge is 0.240 e. The fourth-order valence-electron chi connectivity index (χ4n) is 2.53. The second-order valence-corrected chi connectivity index (χ2v) is 8.01. The molecule has 0 N–H and O–H groups in total. The third-order valence-corrected chi connectivity index (χ3v) is 4.09. The molecule has 0 saturated carbocycles. The second kappa shape index (κ2) is 6.14. The number of nitrogens with zero attached hydrogens (tertiary/aromatic N) is 1. The Morgan fingerprint density at radius 1 is 0.783 bits per heavy atom. The molecule has 0 heterocycles. The average molecular weight is 307 g/mol. The van der Waals surface area contributed by atoms with Crippen molar-refractivity contribution in [3.63, 3.8) is 0 Å². The summed E-state index contributed by atoms with van der Waals surface area (Å²) in [7, 11) is 0. The van der Waals surface area contributed by atoms with E-state index in [9.17, 15) is 4.79 Å². The van der Waals surface area contributed by atoms with Crippen molar-refractivity contribution in [2.75, 3.05) is 0 Å². The Balaban J connectivity index is 2.52. The summed E-state index contributed by atoms with van der Waals surface area (Å²) in [5, 5.41) is 0. The van der Waals surface area contributed by atoms with Crippen LogP contribution in [0.5, 0.6) is 0 Å². The molecule has 2 nitrogen and oxygen atoms in total. The Kier molecular flexibility index (Phi) is 4.58. The van der Waals surface area contributed by atoms with E-state index >= 15 is 0 Å². The van der Waals surface area contributed by atoms with Crippen molar-refractivity contribution in [2.24, 2.45) is 4.99 Å². The molecule has 0 spiro atoms. The molecular weight excluding hydrogens is 282 g/mol. The smallest absolute Gasteiger partial charge is 0.211 e. The average Bonchev–Trinajstić information content (AvgIpc) is 2.46. The van der Waals surface area contributed by atoms with Crippen LogP contribution in [0.15, 0.2) is 47.5 Å². The molecular formula is C21H25NO. The lowest BCUT2D eigenvalue weighted by Gasteiger charge is -2.21. The SMILES string of the molecule is CC(C)(C)c1ccc(-c2ccc(C(C)(C)C)cc2N=C=O)cc1.